The summed E-state index contributed by atoms with van der Waals surface area (Å²) >= 11 is 0. The van der Waals surface area contributed by atoms with Crippen molar-refractivity contribution >= 4 is 6.09 Å². The molecule has 0 unspecified atom stereocenters. The SMILES string of the molecule is CCCCCCCCCCCCCCCCOCCOCCOC(=O)NCc1ccccn1. The zero-order valence-electron chi connectivity index (χ0n) is 21.0. The van der Waals surface area contributed by atoms with Gasteiger partial charge in [0.05, 0.1) is 32.1 Å². The van der Waals surface area contributed by atoms with Crippen LogP contribution in [-0.4, -0.2) is 44.1 Å². The van der Waals surface area contributed by atoms with Crippen LogP contribution in [0.3, 0.4) is 0 Å². The molecule has 33 heavy (non-hydrogen) atoms. The first-order valence-electron chi connectivity index (χ1n) is 13.3. The number of aromatic nitrogens is 1. The van der Waals surface area contributed by atoms with E-state index in [9.17, 15) is 4.79 Å². The number of amides is 1. The Kier molecular flexibility index (Phi) is 20.9. The van der Waals surface area contributed by atoms with Gasteiger partial charge in [0.2, 0.25) is 0 Å². The third kappa shape index (κ3) is 20.7. The minimum Gasteiger partial charge on any atom is -0.447 e. The molecular formula is C27H48N2O4. The van der Waals surface area contributed by atoms with Crippen molar-refractivity contribution in [2.24, 2.45) is 0 Å². The van der Waals surface area contributed by atoms with E-state index in [1.54, 1.807) is 6.20 Å². The molecule has 1 aromatic heterocycles. The number of carbonyl (C=O) groups is 1. The third-order valence-electron chi connectivity index (χ3n) is 5.62. The molecule has 0 aliphatic rings. The Bertz CT molecular complexity index is 542. The van der Waals surface area contributed by atoms with E-state index in [4.69, 9.17) is 14.2 Å². The van der Waals surface area contributed by atoms with Crippen LogP contribution >= 0.6 is 0 Å². The minimum atomic E-state index is -0.460. The Labute approximate surface area is 202 Å². The van der Waals surface area contributed by atoms with Gasteiger partial charge in [0.25, 0.3) is 0 Å². The third-order valence-corrected chi connectivity index (χ3v) is 5.62. The molecule has 1 heterocycles. The zero-order chi connectivity index (χ0) is 23.7. The molecule has 0 radical (unpaired) electrons. The van der Waals surface area contributed by atoms with Gasteiger partial charge in [-0.15, -0.1) is 0 Å². The predicted molar refractivity (Wildman–Crippen MR) is 134 cm³/mol. The maximum absolute atomic E-state index is 11.6. The monoisotopic (exact) mass is 464 g/mol. The fraction of sp³-hybridized carbons (Fsp3) is 0.778. The standard InChI is InChI=1S/C27H48N2O4/c1-2-3-4-5-6-7-8-9-10-11-12-13-14-17-20-31-21-22-32-23-24-33-27(30)29-25-26-18-15-16-19-28-26/h15-16,18-19H,2-14,17,20-25H2,1H3,(H,29,30). The zero-order valence-corrected chi connectivity index (χ0v) is 21.0. The van der Waals surface area contributed by atoms with E-state index in [2.05, 4.69) is 17.2 Å². The molecule has 1 aromatic rings. The number of pyridine rings is 1. The number of alkyl carbamates (subject to hydrolysis) is 1. The summed E-state index contributed by atoms with van der Waals surface area (Å²) in [6.07, 6.45) is 20.4. The van der Waals surface area contributed by atoms with Crippen LogP contribution in [0, 0.1) is 0 Å². The van der Waals surface area contributed by atoms with Crippen LogP contribution < -0.4 is 5.32 Å². The minimum absolute atomic E-state index is 0.229. The molecule has 1 rings (SSSR count). The van der Waals surface area contributed by atoms with Gasteiger partial charge in [-0.25, -0.2) is 4.79 Å². The molecular weight excluding hydrogens is 416 g/mol. The van der Waals surface area contributed by atoms with Gasteiger partial charge in [0.1, 0.15) is 6.61 Å². The molecule has 0 aliphatic carbocycles. The van der Waals surface area contributed by atoms with E-state index >= 15 is 0 Å². The largest absolute Gasteiger partial charge is 0.447 e. The molecule has 0 atom stereocenters. The van der Waals surface area contributed by atoms with Crippen molar-refractivity contribution in [2.75, 3.05) is 33.0 Å². The van der Waals surface area contributed by atoms with Gasteiger partial charge in [-0.05, 0) is 18.6 Å². The molecule has 0 spiro atoms. The first-order chi connectivity index (χ1) is 16.3. The summed E-state index contributed by atoms with van der Waals surface area (Å²) in [5.41, 5.74) is 0.793. The number of nitrogens with zero attached hydrogens (tertiary/aromatic N) is 1. The van der Waals surface area contributed by atoms with Gasteiger partial charge in [0.15, 0.2) is 0 Å². The van der Waals surface area contributed by atoms with Gasteiger partial charge >= 0.3 is 6.09 Å². The Hall–Kier alpha value is -1.66. The maximum Gasteiger partial charge on any atom is 0.407 e. The van der Waals surface area contributed by atoms with Gasteiger partial charge in [-0.2, -0.15) is 0 Å². The number of ether oxygens (including phenoxy) is 3. The molecule has 0 bridgehead atoms. The highest BCUT2D eigenvalue weighted by molar-refractivity contribution is 5.67. The lowest BCUT2D eigenvalue weighted by Gasteiger charge is -2.08. The Morgan fingerprint density at radius 2 is 1.27 bits per heavy atom. The summed E-state index contributed by atoms with van der Waals surface area (Å²) in [6, 6.07) is 5.57. The van der Waals surface area contributed by atoms with Crippen molar-refractivity contribution in [1.29, 1.82) is 0 Å². The second-order valence-corrected chi connectivity index (χ2v) is 8.63. The van der Waals surface area contributed by atoms with Crippen LogP contribution in [0.1, 0.15) is 103 Å². The van der Waals surface area contributed by atoms with Gasteiger partial charge in [0, 0.05) is 12.8 Å². The van der Waals surface area contributed by atoms with Crippen molar-refractivity contribution in [3.63, 3.8) is 0 Å². The van der Waals surface area contributed by atoms with Crippen molar-refractivity contribution in [1.82, 2.24) is 10.3 Å². The fourth-order valence-electron chi connectivity index (χ4n) is 3.63. The molecule has 1 N–H and O–H groups in total. The van der Waals surface area contributed by atoms with E-state index < -0.39 is 6.09 Å². The highest BCUT2D eigenvalue weighted by Gasteiger charge is 2.02. The number of carbonyl (C=O) groups excluding carboxylic acids is 1. The van der Waals surface area contributed by atoms with E-state index in [-0.39, 0.29) is 6.61 Å². The highest BCUT2D eigenvalue weighted by Crippen LogP contribution is 2.12. The second kappa shape index (κ2) is 23.5. The summed E-state index contributed by atoms with van der Waals surface area (Å²) < 4.78 is 16.1. The maximum atomic E-state index is 11.6. The lowest BCUT2D eigenvalue weighted by atomic mass is 10.0. The van der Waals surface area contributed by atoms with E-state index in [0.29, 0.717) is 26.4 Å². The number of hydrogen-bond donors (Lipinski definition) is 1. The summed E-state index contributed by atoms with van der Waals surface area (Å²) in [5, 5.41) is 2.66. The smallest absolute Gasteiger partial charge is 0.407 e. The van der Waals surface area contributed by atoms with Crippen LogP contribution in [0.4, 0.5) is 4.79 Å². The number of rotatable bonds is 23. The lowest BCUT2D eigenvalue weighted by molar-refractivity contribution is 0.0271. The van der Waals surface area contributed by atoms with E-state index in [0.717, 1.165) is 18.7 Å². The number of unbranched alkanes of at least 4 members (excludes halogenated alkanes) is 13. The predicted octanol–water partition coefficient (Wildman–Crippen LogP) is 6.82. The average Bonchev–Trinajstić information content (AvgIpc) is 2.84. The molecule has 0 aromatic carbocycles. The molecule has 0 fully saturated rings. The molecule has 190 valence electrons. The summed E-state index contributed by atoms with van der Waals surface area (Å²) in [7, 11) is 0. The van der Waals surface area contributed by atoms with Crippen LogP contribution in [0.2, 0.25) is 0 Å². The quantitative estimate of drug-likeness (QED) is 0.180. The first-order valence-corrected chi connectivity index (χ1v) is 13.3. The van der Waals surface area contributed by atoms with Crippen molar-refractivity contribution in [3.05, 3.63) is 30.1 Å². The van der Waals surface area contributed by atoms with Crippen molar-refractivity contribution in [2.45, 2.75) is 103 Å². The van der Waals surface area contributed by atoms with Crippen LogP contribution in [0.5, 0.6) is 0 Å². The second-order valence-electron chi connectivity index (χ2n) is 8.63. The van der Waals surface area contributed by atoms with Crippen LogP contribution in [0.15, 0.2) is 24.4 Å². The topological polar surface area (TPSA) is 69.7 Å². The lowest BCUT2D eigenvalue weighted by Crippen LogP contribution is -2.25. The fourth-order valence-corrected chi connectivity index (χ4v) is 3.63. The summed E-state index contributed by atoms with van der Waals surface area (Å²) in [5.74, 6) is 0. The van der Waals surface area contributed by atoms with Crippen LogP contribution in [-0.2, 0) is 20.8 Å². The molecule has 6 heteroatoms. The van der Waals surface area contributed by atoms with Gasteiger partial charge in [-0.3, -0.25) is 4.98 Å². The van der Waals surface area contributed by atoms with Gasteiger partial charge in [-0.1, -0.05) is 96.5 Å². The van der Waals surface area contributed by atoms with Crippen molar-refractivity contribution in [3.8, 4) is 0 Å². The number of hydrogen-bond acceptors (Lipinski definition) is 5. The average molecular weight is 465 g/mol. The van der Waals surface area contributed by atoms with E-state index in [1.807, 2.05) is 18.2 Å². The summed E-state index contributed by atoms with van der Waals surface area (Å²) in [4.78, 5) is 15.7. The first kappa shape index (κ1) is 29.4. The van der Waals surface area contributed by atoms with Crippen molar-refractivity contribution < 1.29 is 19.0 Å². The molecule has 0 saturated heterocycles. The highest BCUT2D eigenvalue weighted by atomic mass is 16.6. The Balaban J connectivity index is 1.70. The summed E-state index contributed by atoms with van der Waals surface area (Å²) in [6.45, 7) is 5.15. The molecule has 0 saturated carbocycles. The number of nitrogens with one attached hydrogen (secondary N) is 1. The normalized spacial score (nSPS) is 10.9. The molecule has 1 amide bonds. The van der Waals surface area contributed by atoms with Crippen LogP contribution in [0.25, 0.3) is 0 Å². The van der Waals surface area contributed by atoms with E-state index in [1.165, 1.54) is 83.5 Å². The Morgan fingerprint density at radius 3 is 1.85 bits per heavy atom. The molecule has 6 nitrogen and oxygen atoms in total. The van der Waals surface area contributed by atoms with Gasteiger partial charge < -0.3 is 19.5 Å². The Morgan fingerprint density at radius 1 is 0.727 bits per heavy atom. The molecule has 0 aliphatic heterocycles.